The minimum Gasteiger partial charge on any atom is -0.511 e. The summed E-state index contributed by atoms with van der Waals surface area (Å²) in [4.78, 5) is 26.7. The summed E-state index contributed by atoms with van der Waals surface area (Å²) in [5.41, 5.74) is -0.848. The maximum absolute atomic E-state index is 12.8. The van der Waals surface area contributed by atoms with E-state index >= 15 is 0 Å². The molecule has 27 heavy (non-hydrogen) atoms. The van der Waals surface area contributed by atoms with Crippen LogP contribution in [0.25, 0.3) is 0 Å². The SMILES string of the molecule is CC=C[C@@H]1C=C[C@@H]2C[C@H](C)CC[C@H]2[C@]1(C)C(O)=C1C(=O)[C@H](CO)N(C)C1=O. The summed E-state index contributed by atoms with van der Waals surface area (Å²) < 4.78 is 0. The van der Waals surface area contributed by atoms with Gasteiger partial charge >= 0.3 is 0 Å². The zero-order valence-corrected chi connectivity index (χ0v) is 16.7. The Morgan fingerprint density at radius 2 is 2.04 bits per heavy atom. The van der Waals surface area contributed by atoms with Crippen molar-refractivity contribution in [3.8, 4) is 0 Å². The van der Waals surface area contributed by atoms with Crippen LogP contribution in [0.2, 0.25) is 0 Å². The molecule has 6 atom stereocenters. The number of likely N-dealkylation sites (N-methyl/N-ethyl adjacent to an activating group) is 1. The summed E-state index contributed by atoms with van der Waals surface area (Å²) in [6.45, 7) is 5.75. The van der Waals surface area contributed by atoms with Crippen LogP contribution in [0, 0.1) is 29.1 Å². The van der Waals surface area contributed by atoms with Gasteiger partial charge in [0.25, 0.3) is 5.91 Å². The molecule has 3 aliphatic rings. The summed E-state index contributed by atoms with van der Waals surface area (Å²) in [7, 11) is 1.50. The zero-order valence-electron chi connectivity index (χ0n) is 16.7. The van der Waals surface area contributed by atoms with Crippen LogP contribution >= 0.6 is 0 Å². The van der Waals surface area contributed by atoms with E-state index in [1.165, 1.54) is 11.9 Å². The van der Waals surface area contributed by atoms with Gasteiger partial charge in [0.1, 0.15) is 17.4 Å². The van der Waals surface area contributed by atoms with E-state index in [1.807, 2.05) is 26.0 Å². The van der Waals surface area contributed by atoms with Crippen LogP contribution in [0.3, 0.4) is 0 Å². The number of hydrogen-bond acceptors (Lipinski definition) is 4. The highest BCUT2D eigenvalue weighted by atomic mass is 16.3. The average Bonchev–Trinajstić information content (AvgIpc) is 2.85. The number of carbonyl (C=O) groups excluding carboxylic acids is 2. The van der Waals surface area contributed by atoms with E-state index in [-0.39, 0.29) is 23.2 Å². The normalized spacial score (nSPS) is 41.4. The highest BCUT2D eigenvalue weighted by Crippen LogP contribution is 2.56. The van der Waals surface area contributed by atoms with Gasteiger partial charge < -0.3 is 15.1 Å². The van der Waals surface area contributed by atoms with Gasteiger partial charge in [-0.25, -0.2) is 0 Å². The number of Topliss-reactive ketones (excluding diaryl/α,β-unsaturated/α-hetero) is 1. The number of aliphatic hydroxyl groups excluding tert-OH is 2. The number of amides is 1. The van der Waals surface area contributed by atoms with Gasteiger partial charge in [-0.3, -0.25) is 9.59 Å². The number of rotatable bonds is 3. The number of nitrogens with zero attached hydrogens (tertiary/aromatic N) is 1. The first-order chi connectivity index (χ1) is 12.8. The van der Waals surface area contributed by atoms with Crippen molar-refractivity contribution in [2.45, 2.75) is 46.1 Å². The van der Waals surface area contributed by atoms with Crippen molar-refractivity contribution in [3.63, 3.8) is 0 Å². The number of aliphatic hydroxyl groups is 2. The van der Waals surface area contributed by atoms with Gasteiger partial charge in [-0.2, -0.15) is 0 Å². The summed E-state index contributed by atoms with van der Waals surface area (Å²) in [5, 5.41) is 20.9. The molecule has 0 radical (unpaired) electrons. The number of allylic oxidation sites excluding steroid dienone is 5. The largest absolute Gasteiger partial charge is 0.511 e. The van der Waals surface area contributed by atoms with E-state index in [4.69, 9.17) is 0 Å². The highest BCUT2D eigenvalue weighted by Gasteiger charge is 2.53. The third-order valence-electron chi connectivity index (χ3n) is 7.06. The Labute approximate surface area is 161 Å². The van der Waals surface area contributed by atoms with Gasteiger partial charge in [0.05, 0.1) is 6.61 Å². The fourth-order valence-corrected chi connectivity index (χ4v) is 5.35. The van der Waals surface area contributed by atoms with E-state index in [0.29, 0.717) is 11.8 Å². The number of ketones is 1. The second-order valence-electron chi connectivity index (χ2n) is 8.61. The van der Waals surface area contributed by atoms with Crippen molar-refractivity contribution in [2.24, 2.45) is 29.1 Å². The zero-order chi connectivity index (χ0) is 19.9. The van der Waals surface area contributed by atoms with Crippen molar-refractivity contribution < 1.29 is 19.8 Å². The molecule has 2 aliphatic carbocycles. The highest BCUT2D eigenvalue weighted by molar-refractivity contribution is 6.26. The first-order valence-electron chi connectivity index (χ1n) is 9.94. The van der Waals surface area contributed by atoms with Crippen molar-refractivity contribution in [1.29, 1.82) is 0 Å². The lowest BCUT2D eigenvalue weighted by atomic mass is 9.54. The topological polar surface area (TPSA) is 77.8 Å². The molecule has 2 N–H and O–H groups in total. The Balaban J connectivity index is 2.14. The molecule has 2 fully saturated rings. The Morgan fingerprint density at radius 1 is 1.33 bits per heavy atom. The summed E-state index contributed by atoms with van der Waals surface area (Å²) in [6, 6.07) is -0.903. The molecule has 148 valence electrons. The lowest BCUT2D eigenvalue weighted by molar-refractivity contribution is -0.126. The molecule has 1 aliphatic heterocycles. The average molecular weight is 373 g/mol. The van der Waals surface area contributed by atoms with E-state index in [2.05, 4.69) is 19.1 Å². The van der Waals surface area contributed by atoms with E-state index < -0.39 is 29.8 Å². The second-order valence-corrected chi connectivity index (χ2v) is 8.61. The van der Waals surface area contributed by atoms with E-state index in [9.17, 15) is 19.8 Å². The third-order valence-corrected chi connectivity index (χ3v) is 7.06. The minimum absolute atomic E-state index is 0.0799. The molecule has 1 amide bonds. The molecule has 0 aromatic carbocycles. The quantitative estimate of drug-likeness (QED) is 0.345. The molecule has 5 nitrogen and oxygen atoms in total. The van der Waals surface area contributed by atoms with Crippen LogP contribution in [0.1, 0.15) is 40.0 Å². The smallest absolute Gasteiger partial charge is 0.261 e. The van der Waals surface area contributed by atoms with Crippen molar-refractivity contribution in [1.82, 2.24) is 4.90 Å². The van der Waals surface area contributed by atoms with Crippen LogP contribution < -0.4 is 0 Å². The summed E-state index contributed by atoms with van der Waals surface area (Å²) in [6.07, 6.45) is 11.5. The molecule has 3 rings (SSSR count). The fourth-order valence-electron chi connectivity index (χ4n) is 5.35. The molecule has 1 heterocycles. The number of likely N-dealkylation sites (tertiary alicyclic amines) is 1. The van der Waals surface area contributed by atoms with Crippen LogP contribution in [0.5, 0.6) is 0 Å². The van der Waals surface area contributed by atoms with Crippen LogP contribution in [0.15, 0.2) is 35.6 Å². The predicted molar refractivity (Wildman–Crippen MR) is 104 cm³/mol. The van der Waals surface area contributed by atoms with Crippen LogP contribution in [-0.2, 0) is 9.59 Å². The Hall–Kier alpha value is -1.88. The first-order valence-corrected chi connectivity index (χ1v) is 9.94. The Bertz CT molecular complexity index is 722. The van der Waals surface area contributed by atoms with Crippen molar-refractivity contribution >= 4 is 11.7 Å². The molecule has 1 saturated carbocycles. The van der Waals surface area contributed by atoms with Crippen LogP contribution in [-0.4, -0.2) is 46.5 Å². The Kier molecular flexibility index (Phi) is 5.35. The minimum atomic E-state index is -0.903. The standard InChI is InChI=1S/C22H31NO4/c1-5-6-15-9-8-14-11-13(2)7-10-16(14)22(15,3)20(26)18-19(25)17(12-24)23(4)21(18)27/h5-6,8-9,13-17,24,26H,7,10-12H2,1-4H3/t13-,14-,15-,16-,17+,22-/m1/s1. The molecule has 0 bridgehead atoms. The monoisotopic (exact) mass is 373 g/mol. The maximum Gasteiger partial charge on any atom is 0.261 e. The number of hydrogen-bond donors (Lipinski definition) is 2. The van der Waals surface area contributed by atoms with Crippen LogP contribution in [0.4, 0.5) is 0 Å². The molecule has 1 saturated heterocycles. The maximum atomic E-state index is 12.8. The van der Waals surface area contributed by atoms with Crippen molar-refractivity contribution in [2.75, 3.05) is 13.7 Å². The third kappa shape index (κ3) is 2.96. The summed E-state index contributed by atoms with van der Waals surface area (Å²) in [5.74, 6) is -0.00752. The van der Waals surface area contributed by atoms with E-state index in [0.717, 1.165) is 19.3 Å². The molecule has 0 aromatic rings. The van der Waals surface area contributed by atoms with Gasteiger partial charge in [-0.1, -0.05) is 44.6 Å². The van der Waals surface area contributed by atoms with Gasteiger partial charge in [-0.15, -0.1) is 0 Å². The fraction of sp³-hybridized carbons (Fsp3) is 0.636. The molecular weight excluding hydrogens is 342 g/mol. The van der Waals surface area contributed by atoms with Gasteiger partial charge in [0.15, 0.2) is 5.78 Å². The lowest BCUT2D eigenvalue weighted by Gasteiger charge is -2.50. The van der Waals surface area contributed by atoms with E-state index in [1.54, 1.807) is 0 Å². The number of fused-ring (bicyclic) bond motifs is 1. The summed E-state index contributed by atoms with van der Waals surface area (Å²) >= 11 is 0. The molecule has 5 heteroatoms. The van der Waals surface area contributed by atoms with Gasteiger partial charge in [0.2, 0.25) is 0 Å². The molecular formula is C22H31NO4. The Morgan fingerprint density at radius 3 is 2.63 bits per heavy atom. The predicted octanol–water partition coefficient (Wildman–Crippen LogP) is 3.02. The second kappa shape index (κ2) is 7.27. The lowest BCUT2D eigenvalue weighted by Crippen LogP contribution is -2.45. The van der Waals surface area contributed by atoms with Gasteiger partial charge in [0, 0.05) is 18.4 Å². The molecule has 0 unspecified atom stereocenters. The van der Waals surface area contributed by atoms with Crippen molar-refractivity contribution in [3.05, 3.63) is 35.6 Å². The molecule has 0 aromatic heterocycles. The van der Waals surface area contributed by atoms with Gasteiger partial charge in [-0.05, 0) is 37.5 Å². The molecule has 0 spiro atoms. The first kappa shape index (κ1) is 19.9. The number of carbonyl (C=O) groups is 2.